The van der Waals surface area contributed by atoms with Gasteiger partial charge >= 0.3 is 5.97 Å². The van der Waals surface area contributed by atoms with E-state index in [2.05, 4.69) is 18.2 Å². The first-order valence-corrected chi connectivity index (χ1v) is 3.76. The molecule has 0 aromatic carbocycles. The van der Waals surface area contributed by atoms with Crippen LogP contribution in [0.1, 0.15) is 0 Å². The summed E-state index contributed by atoms with van der Waals surface area (Å²) in [4.78, 5) is 15.2. The second-order valence-electron chi connectivity index (χ2n) is 2.50. The molecule has 0 radical (unpaired) electrons. The Bertz CT molecular complexity index is 132. The summed E-state index contributed by atoms with van der Waals surface area (Å²) in [6.07, 6.45) is 2.61. The molecule has 74 valence electrons. The van der Waals surface area contributed by atoms with E-state index in [0.717, 1.165) is 6.08 Å². The van der Waals surface area contributed by atoms with Gasteiger partial charge in [-0.25, -0.2) is 4.79 Å². The van der Waals surface area contributed by atoms with E-state index in [1.165, 1.54) is 6.38 Å². The molecule has 0 spiro atoms. The highest BCUT2D eigenvalue weighted by molar-refractivity contribution is 6.15. The summed E-state index contributed by atoms with van der Waals surface area (Å²) in [6.45, 7) is 3.26. The van der Waals surface area contributed by atoms with E-state index >= 15 is 0 Å². The number of carbonyl (C=O) groups excluding carboxylic acids is 1. The maximum Gasteiger partial charge on any atom is 0.389 e. The van der Waals surface area contributed by atoms with Gasteiger partial charge in [0.1, 0.15) is 21.1 Å². The van der Waals surface area contributed by atoms with Gasteiger partial charge in [0.15, 0.2) is 0 Å². The Morgan fingerprint density at radius 1 is 1.42 bits per heavy atom. The summed E-state index contributed by atoms with van der Waals surface area (Å²) in [7, 11) is 5.25. The van der Waals surface area contributed by atoms with Gasteiger partial charge in [0.2, 0.25) is 0 Å². The van der Waals surface area contributed by atoms with Crippen LogP contribution in [0, 0.1) is 0 Å². The Hall–Kier alpha value is -0.250. The zero-order valence-corrected chi connectivity index (χ0v) is 9.32. The number of alkyl halides is 1. The lowest BCUT2D eigenvalue weighted by molar-refractivity contribution is -1.04. The molecule has 0 unspecified atom stereocenters. The van der Waals surface area contributed by atoms with Crippen LogP contribution in [0.4, 0.5) is 0 Å². The summed E-state index contributed by atoms with van der Waals surface area (Å²) in [6, 6.07) is 0. The van der Waals surface area contributed by atoms with E-state index < -0.39 is 5.97 Å². The van der Waals surface area contributed by atoms with Crippen molar-refractivity contribution in [2.45, 2.75) is 0 Å². The Morgan fingerprint density at radius 3 is 1.83 bits per heavy atom. The van der Waals surface area contributed by atoms with Crippen LogP contribution in [0.3, 0.4) is 0 Å². The molecular weight excluding hydrogens is 201 g/mol. The molecule has 0 heterocycles. The minimum atomic E-state index is -0.400. The van der Waals surface area contributed by atoms with Gasteiger partial charge in [-0.05, 0) is 0 Å². The number of halogens is 2. The topological polar surface area (TPSA) is 26.3 Å². The lowest BCUT2D eigenvalue weighted by atomic mass is 10.7. The maximum atomic E-state index is 10.5. The van der Waals surface area contributed by atoms with Crippen LogP contribution in [0.2, 0.25) is 0 Å². The first-order chi connectivity index (χ1) is 4.95. The van der Waals surface area contributed by atoms with E-state index in [1.54, 1.807) is 21.1 Å². The number of hydrogen-bond donors (Lipinski definition) is 0. The first-order valence-electron chi connectivity index (χ1n) is 3.01. The molecule has 0 rings (SSSR count). The largest absolute Gasteiger partial charge is 1.00 e. The molecule has 0 saturated carbocycles. The van der Waals surface area contributed by atoms with Crippen molar-refractivity contribution in [2.24, 2.45) is 0 Å². The van der Waals surface area contributed by atoms with Gasteiger partial charge in [-0.3, -0.25) is 4.84 Å². The Labute approximate surface area is 84.9 Å². The van der Waals surface area contributed by atoms with Gasteiger partial charge in [-0.15, -0.1) is 16.2 Å². The lowest BCUT2D eigenvalue weighted by Gasteiger charge is -2.18. The molecule has 3 nitrogen and oxygen atoms in total. The van der Waals surface area contributed by atoms with Crippen molar-refractivity contribution in [3.8, 4) is 0 Å². The zero-order chi connectivity index (χ0) is 9.49. The number of nitrogens with zero attached hydrogens (tertiary/aromatic N) is 1. The standard InChI is InChI=1S/C6H12NO2.CH3Cl.ClH/c1-5-6(8)9-7(2,3)4;1-2;/h5H,1H2,2-4H3;1H3;1H/q+1;;/p-1. The molecule has 0 aromatic heterocycles. The monoisotopic (exact) mass is 215 g/mol. The van der Waals surface area contributed by atoms with Crippen LogP contribution in [-0.4, -0.2) is 38.1 Å². The summed E-state index contributed by atoms with van der Waals surface area (Å²) < 4.78 is 0.171. The third kappa shape index (κ3) is 16.4. The van der Waals surface area contributed by atoms with E-state index in [0.29, 0.717) is 0 Å². The van der Waals surface area contributed by atoms with Crippen molar-refractivity contribution < 1.29 is 26.7 Å². The minimum Gasteiger partial charge on any atom is -1.00 e. The van der Waals surface area contributed by atoms with Crippen LogP contribution in [0.5, 0.6) is 0 Å². The molecule has 0 aliphatic heterocycles. The number of quaternary nitrogens is 1. The maximum absolute atomic E-state index is 10.5. The predicted octanol–water partition coefficient (Wildman–Crippen LogP) is -1.80. The van der Waals surface area contributed by atoms with E-state index in [4.69, 9.17) is 4.84 Å². The van der Waals surface area contributed by atoms with Crippen molar-refractivity contribution in [2.75, 3.05) is 27.5 Å². The third-order valence-electron chi connectivity index (χ3n) is 0.531. The fourth-order valence-electron chi connectivity index (χ4n) is 0.307. The lowest BCUT2D eigenvalue weighted by Crippen LogP contribution is -3.00. The van der Waals surface area contributed by atoms with Gasteiger partial charge in [0.05, 0.1) is 0 Å². The molecule has 0 atom stereocenters. The molecule has 0 amide bonds. The van der Waals surface area contributed by atoms with E-state index in [-0.39, 0.29) is 17.1 Å². The molecule has 0 bridgehead atoms. The Morgan fingerprint density at radius 2 is 1.75 bits per heavy atom. The highest BCUT2D eigenvalue weighted by atomic mass is 35.5. The summed E-state index contributed by atoms with van der Waals surface area (Å²) >= 11 is 4.64. The summed E-state index contributed by atoms with van der Waals surface area (Å²) in [5.41, 5.74) is 0. The van der Waals surface area contributed by atoms with Crippen molar-refractivity contribution >= 4 is 17.6 Å². The normalized spacial score (nSPS) is 8.42. The van der Waals surface area contributed by atoms with Crippen LogP contribution in [-0.2, 0) is 9.63 Å². The Balaban J connectivity index is -0.000000249. The highest BCUT2D eigenvalue weighted by Gasteiger charge is 2.11. The second-order valence-corrected chi connectivity index (χ2v) is 2.50. The van der Waals surface area contributed by atoms with Crippen LogP contribution < -0.4 is 12.4 Å². The van der Waals surface area contributed by atoms with Crippen molar-refractivity contribution in [3.63, 3.8) is 0 Å². The molecule has 0 aliphatic rings. The quantitative estimate of drug-likeness (QED) is 0.235. The van der Waals surface area contributed by atoms with E-state index in [9.17, 15) is 4.79 Å². The molecule has 12 heavy (non-hydrogen) atoms. The third-order valence-corrected chi connectivity index (χ3v) is 0.531. The average molecular weight is 216 g/mol. The van der Waals surface area contributed by atoms with Crippen molar-refractivity contribution in [1.29, 1.82) is 0 Å². The molecule has 0 N–H and O–H groups in total. The molecule has 0 aromatic rings. The number of hydroxylamine groups is 3. The fourth-order valence-corrected chi connectivity index (χ4v) is 0.307. The van der Waals surface area contributed by atoms with Gasteiger partial charge in [0.25, 0.3) is 0 Å². The summed E-state index contributed by atoms with van der Waals surface area (Å²) in [5, 5.41) is 0. The second kappa shape index (κ2) is 8.84. The van der Waals surface area contributed by atoms with Crippen molar-refractivity contribution in [3.05, 3.63) is 12.7 Å². The molecule has 0 fully saturated rings. The molecule has 0 aliphatic carbocycles. The molecular formula is C7H15Cl2NO2. The summed E-state index contributed by atoms with van der Waals surface area (Å²) in [5.74, 6) is -0.400. The first kappa shape index (κ1) is 17.7. The van der Waals surface area contributed by atoms with Crippen LogP contribution in [0.15, 0.2) is 12.7 Å². The Kier molecular flexibility index (Phi) is 13.1. The fraction of sp³-hybridized carbons (Fsp3) is 0.571. The number of rotatable bonds is 2. The van der Waals surface area contributed by atoms with Crippen LogP contribution in [0.25, 0.3) is 0 Å². The SMILES string of the molecule is C=CC(=O)O[N+](C)(C)C.CCl.[Cl-]. The average Bonchev–Trinajstić information content (AvgIpc) is 1.89. The highest BCUT2D eigenvalue weighted by Crippen LogP contribution is 1.92. The molecule has 5 heteroatoms. The predicted molar refractivity (Wildman–Crippen MR) is 46.1 cm³/mol. The number of carbonyl (C=O) groups is 1. The van der Waals surface area contributed by atoms with Gasteiger partial charge in [0, 0.05) is 12.5 Å². The van der Waals surface area contributed by atoms with Crippen molar-refractivity contribution in [1.82, 2.24) is 0 Å². The van der Waals surface area contributed by atoms with Gasteiger partial charge in [-0.2, -0.15) is 0 Å². The molecule has 0 saturated heterocycles. The van der Waals surface area contributed by atoms with Crippen LogP contribution >= 0.6 is 11.6 Å². The zero-order valence-electron chi connectivity index (χ0n) is 7.80. The minimum absolute atomic E-state index is 0. The van der Waals surface area contributed by atoms with E-state index in [1.807, 2.05) is 0 Å². The van der Waals surface area contributed by atoms with Gasteiger partial charge < -0.3 is 12.4 Å². The smallest absolute Gasteiger partial charge is 0.389 e. The number of hydrogen-bond acceptors (Lipinski definition) is 2. The van der Waals surface area contributed by atoms with Gasteiger partial charge in [-0.1, -0.05) is 6.58 Å².